The molecular weight excluding hydrogens is 246 g/mol. The van der Waals surface area contributed by atoms with Crippen molar-refractivity contribution in [2.24, 2.45) is 0 Å². The highest BCUT2D eigenvalue weighted by Gasteiger charge is 2.18. The van der Waals surface area contributed by atoms with Gasteiger partial charge in [0.25, 0.3) is 0 Å². The van der Waals surface area contributed by atoms with E-state index in [4.69, 9.17) is 11.6 Å². The number of ether oxygens (including phenoxy) is 2. The van der Waals surface area contributed by atoms with Gasteiger partial charge in [0.1, 0.15) is 0 Å². The summed E-state index contributed by atoms with van der Waals surface area (Å²) < 4.78 is 9.07. The van der Waals surface area contributed by atoms with Gasteiger partial charge in [-0.05, 0) is 12.1 Å². The van der Waals surface area contributed by atoms with E-state index in [0.717, 1.165) is 0 Å². The average Bonchev–Trinajstić information content (AvgIpc) is 2.37. The van der Waals surface area contributed by atoms with E-state index in [0.29, 0.717) is 11.3 Å². The third-order valence-corrected chi connectivity index (χ3v) is 2.31. The largest absolute Gasteiger partial charge is 0.467 e. The fourth-order valence-electron chi connectivity index (χ4n) is 1.20. The predicted molar refractivity (Wildman–Crippen MR) is 63.1 cm³/mol. The molecule has 6 heteroatoms. The number of carbonyl (C=O) groups excluding carboxylic acids is 2. The molecule has 0 heterocycles. The first-order valence-corrected chi connectivity index (χ1v) is 5.19. The molecule has 0 saturated carbocycles. The summed E-state index contributed by atoms with van der Waals surface area (Å²) in [5.74, 6) is -1.15. The first-order valence-electron chi connectivity index (χ1n) is 4.76. The second kappa shape index (κ2) is 6.10. The Kier molecular flexibility index (Phi) is 4.78. The van der Waals surface area contributed by atoms with Gasteiger partial charge < -0.3 is 14.8 Å². The van der Waals surface area contributed by atoms with Crippen LogP contribution in [0.25, 0.3) is 0 Å². The van der Waals surface area contributed by atoms with E-state index in [9.17, 15) is 9.59 Å². The predicted octanol–water partition coefficient (Wildman–Crippen LogP) is 1.62. The second-order valence-corrected chi connectivity index (χ2v) is 3.50. The first-order chi connectivity index (χ1) is 8.10. The quantitative estimate of drug-likeness (QED) is 0.504. The van der Waals surface area contributed by atoms with Gasteiger partial charge in [-0.25, -0.2) is 9.59 Å². The molecule has 1 atom stereocenters. The van der Waals surface area contributed by atoms with E-state index in [1.54, 1.807) is 24.3 Å². The maximum Gasteiger partial charge on any atom is 0.344 e. The zero-order valence-electron chi connectivity index (χ0n) is 9.40. The summed E-state index contributed by atoms with van der Waals surface area (Å²) in [7, 11) is 2.50. The molecule has 0 aromatic heterocycles. The lowest BCUT2D eigenvalue weighted by atomic mass is 10.2. The molecule has 1 rings (SSSR count). The Labute approximate surface area is 104 Å². The molecule has 0 amide bonds. The molecule has 0 spiro atoms. The Morgan fingerprint density at radius 2 is 1.88 bits per heavy atom. The number of nitrogens with one attached hydrogen (secondary N) is 1. The topological polar surface area (TPSA) is 64.6 Å². The third kappa shape index (κ3) is 3.35. The molecular formula is C11H12ClNO4. The molecule has 0 saturated heterocycles. The van der Waals surface area contributed by atoms with Crippen molar-refractivity contribution in [1.82, 2.24) is 0 Å². The van der Waals surface area contributed by atoms with Gasteiger partial charge in [0.2, 0.25) is 5.50 Å². The third-order valence-electron chi connectivity index (χ3n) is 2.02. The highest BCUT2D eigenvalue weighted by Crippen LogP contribution is 2.18. The van der Waals surface area contributed by atoms with Crippen molar-refractivity contribution in [3.05, 3.63) is 29.8 Å². The minimum atomic E-state index is -1.06. The molecule has 5 nitrogen and oxygen atoms in total. The van der Waals surface area contributed by atoms with E-state index >= 15 is 0 Å². The number of anilines is 1. The van der Waals surface area contributed by atoms with Gasteiger partial charge in [-0.15, -0.1) is 0 Å². The normalized spacial score (nSPS) is 11.5. The number of hydrogen-bond acceptors (Lipinski definition) is 5. The summed E-state index contributed by atoms with van der Waals surface area (Å²) in [6.07, 6.45) is 0. The van der Waals surface area contributed by atoms with E-state index in [-0.39, 0.29) is 0 Å². The highest BCUT2D eigenvalue weighted by atomic mass is 35.5. The summed E-state index contributed by atoms with van der Waals surface area (Å²) in [5.41, 5.74) is -0.361. The van der Waals surface area contributed by atoms with E-state index in [1.807, 2.05) is 0 Å². The van der Waals surface area contributed by atoms with Crippen LogP contribution in [0.5, 0.6) is 0 Å². The van der Waals surface area contributed by atoms with Crippen LogP contribution in [-0.4, -0.2) is 31.7 Å². The molecule has 1 N–H and O–H groups in total. The fraction of sp³-hybridized carbons (Fsp3) is 0.273. The average molecular weight is 258 g/mol. The zero-order valence-corrected chi connectivity index (χ0v) is 10.2. The van der Waals surface area contributed by atoms with E-state index in [2.05, 4.69) is 14.8 Å². The Bertz CT molecular complexity index is 422. The lowest BCUT2D eigenvalue weighted by Crippen LogP contribution is -2.25. The Hall–Kier alpha value is -1.75. The smallest absolute Gasteiger partial charge is 0.344 e. The van der Waals surface area contributed by atoms with Gasteiger partial charge in [0, 0.05) is 0 Å². The summed E-state index contributed by atoms with van der Waals surface area (Å²) in [6, 6.07) is 6.56. The van der Waals surface area contributed by atoms with E-state index < -0.39 is 17.4 Å². The van der Waals surface area contributed by atoms with Crippen molar-refractivity contribution in [1.29, 1.82) is 0 Å². The van der Waals surface area contributed by atoms with Crippen molar-refractivity contribution in [3.63, 3.8) is 0 Å². The van der Waals surface area contributed by atoms with Gasteiger partial charge in [-0.3, -0.25) is 0 Å². The maximum absolute atomic E-state index is 11.4. The molecule has 1 aromatic carbocycles. The van der Waals surface area contributed by atoms with Gasteiger partial charge in [0.15, 0.2) is 0 Å². The summed E-state index contributed by atoms with van der Waals surface area (Å²) in [4.78, 5) is 22.6. The van der Waals surface area contributed by atoms with Gasteiger partial charge in [-0.2, -0.15) is 0 Å². The van der Waals surface area contributed by atoms with Gasteiger partial charge >= 0.3 is 11.9 Å². The first kappa shape index (κ1) is 13.3. The molecule has 0 fully saturated rings. The number of halogens is 1. The molecule has 1 aromatic rings. The summed E-state index contributed by atoms with van der Waals surface area (Å²) >= 11 is 5.75. The van der Waals surface area contributed by atoms with Crippen molar-refractivity contribution >= 4 is 29.2 Å². The SMILES string of the molecule is COC(=O)c1ccccc1NC(Cl)C(=O)OC. The van der Waals surface area contributed by atoms with Crippen LogP contribution < -0.4 is 5.32 Å². The van der Waals surface area contributed by atoms with Crippen LogP contribution >= 0.6 is 11.6 Å². The number of esters is 2. The second-order valence-electron chi connectivity index (χ2n) is 3.07. The number of rotatable bonds is 4. The molecule has 0 bridgehead atoms. The number of benzene rings is 1. The Balaban J connectivity index is 2.91. The molecule has 92 valence electrons. The number of para-hydroxylation sites is 1. The number of carbonyl (C=O) groups is 2. The number of methoxy groups -OCH3 is 2. The zero-order chi connectivity index (χ0) is 12.8. The molecule has 0 radical (unpaired) electrons. The van der Waals surface area contributed by atoms with Crippen molar-refractivity contribution in [2.75, 3.05) is 19.5 Å². The Morgan fingerprint density at radius 1 is 1.24 bits per heavy atom. The van der Waals surface area contributed by atoms with Gasteiger partial charge in [-0.1, -0.05) is 23.7 Å². The van der Waals surface area contributed by atoms with Crippen LogP contribution in [0, 0.1) is 0 Å². The van der Waals surface area contributed by atoms with E-state index in [1.165, 1.54) is 14.2 Å². The molecule has 17 heavy (non-hydrogen) atoms. The molecule has 1 unspecified atom stereocenters. The van der Waals surface area contributed by atoms with Crippen molar-refractivity contribution in [2.45, 2.75) is 5.50 Å². The highest BCUT2D eigenvalue weighted by molar-refractivity contribution is 6.31. The lowest BCUT2D eigenvalue weighted by molar-refractivity contribution is -0.139. The number of hydrogen-bond donors (Lipinski definition) is 1. The van der Waals surface area contributed by atoms with Crippen LogP contribution in [0.15, 0.2) is 24.3 Å². The Morgan fingerprint density at radius 3 is 2.47 bits per heavy atom. The number of alkyl halides is 1. The van der Waals surface area contributed by atoms with Crippen molar-refractivity contribution in [3.8, 4) is 0 Å². The van der Waals surface area contributed by atoms with Crippen LogP contribution in [0.3, 0.4) is 0 Å². The molecule has 0 aliphatic heterocycles. The fourth-order valence-corrected chi connectivity index (χ4v) is 1.40. The molecule has 0 aliphatic rings. The lowest BCUT2D eigenvalue weighted by Gasteiger charge is -2.13. The van der Waals surface area contributed by atoms with Crippen LogP contribution in [0.1, 0.15) is 10.4 Å². The minimum Gasteiger partial charge on any atom is -0.467 e. The van der Waals surface area contributed by atoms with Crippen molar-refractivity contribution < 1.29 is 19.1 Å². The summed E-state index contributed by atoms with van der Waals surface area (Å²) in [5, 5.41) is 2.67. The molecule has 0 aliphatic carbocycles. The van der Waals surface area contributed by atoms with Gasteiger partial charge in [0.05, 0.1) is 25.5 Å². The van der Waals surface area contributed by atoms with Crippen LogP contribution in [0.2, 0.25) is 0 Å². The minimum absolute atomic E-state index is 0.296. The maximum atomic E-state index is 11.4. The van der Waals surface area contributed by atoms with Crippen LogP contribution in [-0.2, 0) is 14.3 Å². The monoisotopic (exact) mass is 257 g/mol. The summed E-state index contributed by atoms with van der Waals surface area (Å²) in [6.45, 7) is 0. The standard InChI is InChI=1S/C11H12ClNO4/c1-16-10(14)7-5-3-4-6-8(7)13-9(12)11(15)17-2/h3-6,9,13H,1-2H3. The van der Waals surface area contributed by atoms with Crippen LogP contribution in [0.4, 0.5) is 5.69 Å².